The monoisotopic (exact) mass is 368 g/mol. The summed E-state index contributed by atoms with van der Waals surface area (Å²) < 4.78 is 11.6. The van der Waals surface area contributed by atoms with E-state index in [1.807, 2.05) is 24.3 Å². The first-order chi connectivity index (χ1) is 12.7. The highest BCUT2D eigenvalue weighted by molar-refractivity contribution is 6.33. The van der Waals surface area contributed by atoms with Gasteiger partial charge in [-0.3, -0.25) is 9.88 Å². The average Bonchev–Trinajstić information content (AvgIpc) is 3.15. The van der Waals surface area contributed by atoms with E-state index in [9.17, 15) is 4.79 Å². The van der Waals surface area contributed by atoms with Crippen molar-refractivity contribution < 1.29 is 9.15 Å². The van der Waals surface area contributed by atoms with Gasteiger partial charge in [0, 0.05) is 30.2 Å². The molecular weight excluding hydrogens is 352 g/mol. The van der Waals surface area contributed by atoms with Crippen LogP contribution in [0.3, 0.4) is 0 Å². The Morgan fingerprint density at radius 2 is 2.08 bits per heavy atom. The summed E-state index contributed by atoms with van der Waals surface area (Å²) in [7, 11) is 0. The van der Waals surface area contributed by atoms with E-state index >= 15 is 0 Å². The smallest absolute Gasteiger partial charge is 0.339 e. The molecule has 0 atom stereocenters. The number of ether oxygens (including phenoxy) is 1. The van der Waals surface area contributed by atoms with Crippen molar-refractivity contribution in [1.82, 2.24) is 9.88 Å². The first-order valence-corrected chi connectivity index (χ1v) is 9.13. The van der Waals surface area contributed by atoms with Crippen molar-refractivity contribution in [3.05, 3.63) is 68.3 Å². The summed E-state index contributed by atoms with van der Waals surface area (Å²) in [6.45, 7) is 1.68. The maximum absolute atomic E-state index is 12.4. The number of rotatable bonds is 2. The van der Waals surface area contributed by atoms with Crippen LogP contribution in [0.1, 0.15) is 28.8 Å². The Hall–Kier alpha value is -2.37. The highest BCUT2D eigenvalue weighted by atomic mass is 35.5. The summed E-state index contributed by atoms with van der Waals surface area (Å²) in [6.07, 6.45) is 4.44. The van der Waals surface area contributed by atoms with Crippen LogP contribution in [0.2, 0.25) is 5.02 Å². The molecular formula is C20H17ClN2O3. The van der Waals surface area contributed by atoms with E-state index < -0.39 is 0 Å². The zero-order valence-electron chi connectivity index (χ0n) is 14.1. The molecule has 0 N–H and O–H groups in total. The van der Waals surface area contributed by atoms with Gasteiger partial charge in [-0.25, -0.2) is 4.79 Å². The van der Waals surface area contributed by atoms with Crippen LogP contribution >= 0.6 is 11.6 Å². The van der Waals surface area contributed by atoms with E-state index in [-0.39, 0.29) is 5.63 Å². The summed E-state index contributed by atoms with van der Waals surface area (Å²) in [4.78, 5) is 18.9. The lowest BCUT2D eigenvalue weighted by Crippen LogP contribution is -2.32. The number of aryl methyl sites for hydroxylation is 1. The molecule has 26 heavy (non-hydrogen) atoms. The molecule has 0 radical (unpaired) electrons. The molecule has 2 aromatic heterocycles. The largest absolute Gasteiger partial charge is 0.476 e. The Balaban J connectivity index is 1.61. The fourth-order valence-electron chi connectivity index (χ4n) is 3.98. The van der Waals surface area contributed by atoms with Crippen molar-refractivity contribution in [2.45, 2.75) is 32.4 Å². The molecule has 0 saturated heterocycles. The molecule has 0 amide bonds. The van der Waals surface area contributed by atoms with Crippen LogP contribution in [0.5, 0.6) is 5.75 Å². The number of fused-ring (bicyclic) bond motifs is 5. The maximum Gasteiger partial charge on any atom is 0.339 e. The van der Waals surface area contributed by atoms with E-state index in [1.165, 1.54) is 0 Å². The normalized spacial score (nSPS) is 16.3. The molecule has 1 aliphatic carbocycles. The molecule has 1 aromatic carbocycles. The molecule has 132 valence electrons. The molecule has 2 aliphatic rings. The van der Waals surface area contributed by atoms with Gasteiger partial charge in [0.05, 0.1) is 16.3 Å². The Bertz CT molecular complexity index is 1060. The van der Waals surface area contributed by atoms with Gasteiger partial charge in [-0.2, -0.15) is 0 Å². The van der Waals surface area contributed by atoms with Crippen LogP contribution in [0, 0.1) is 0 Å². The lowest BCUT2D eigenvalue weighted by Gasteiger charge is -2.29. The lowest BCUT2D eigenvalue weighted by molar-refractivity contribution is 0.0879. The predicted molar refractivity (Wildman–Crippen MR) is 98.5 cm³/mol. The zero-order valence-corrected chi connectivity index (χ0v) is 14.9. The predicted octanol–water partition coefficient (Wildman–Crippen LogP) is 3.68. The molecule has 0 bridgehead atoms. The van der Waals surface area contributed by atoms with Gasteiger partial charge in [0.1, 0.15) is 18.1 Å². The number of nitrogens with zero attached hydrogens (tertiary/aromatic N) is 2. The highest BCUT2D eigenvalue weighted by Gasteiger charge is 2.28. The minimum atomic E-state index is -0.226. The molecule has 1 aliphatic heterocycles. The third-order valence-corrected chi connectivity index (χ3v) is 5.43. The van der Waals surface area contributed by atoms with Crippen molar-refractivity contribution in [2.24, 2.45) is 0 Å². The molecule has 0 fully saturated rings. The SMILES string of the molecule is O=c1oc2c3c(c(Cl)cc2c2c1CCC2)OCN(Cc1ccccn1)C3. The number of pyridine rings is 1. The van der Waals surface area contributed by atoms with E-state index in [0.717, 1.165) is 47.0 Å². The van der Waals surface area contributed by atoms with Gasteiger partial charge in [0.25, 0.3) is 0 Å². The van der Waals surface area contributed by atoms with Gasteiger partial charge in [0.2, 0.25) is 0 Å². The van der Waals surface area contributed by atoms with E-state index in [4.69, 9.17) is 20.8 Å². The number of aromatic nitrogens is 1. The third kappa shape index (κ3) is 2.50. The standard InChI is InChI=1S/C20H17ClN2O3/c21-17-8-15-13-5-3-6-14(13)20(24)26-18(15)16-10-23(11-25-19(16)17)9-12-4-1-2-7-22-12/h1-2,4,7-8H,3,5-6,9-11H2. The zero-order chi connectivity index (χ0) is 17.7. The van der Waals surface area contributed by atoms with Crippen LogP contribution in [0.4, 0.5) is 0 Å². The van der Waals surface area contributed by atoms with Crippen molar-refractivity contribution in [3.8, 4) is 5.75 Å². The molecule has 6 heteroatoms. The Morgan fingerprint density at radius 1 is 1.19 bits per heavy atom. The summed E-state index contributed by atoms with van der Waals surface area (Å²) in [6, 6.07) is 7.74. The molecule has 3 aromatic rings. The van der Waals surface area contributed by atoms with Crippen molar-refractivity contribution >= 4 is 22.6 Å². The molecule has 0 saturated carbocycles. The van der Waals surface area contributed by atoms with Crippen LogP contribution in [-0.4, -0.2) is 16.6 Å². The number of benzene rings is 1. The summed E-state index contributed by atoms with van der Waals surface area (Å²) in [5.74, 6) is 0.623. The summed E-state index contributed by atoms with van der Waals surface area (Å²) in [5.41, 5.74) is 4.09. The van der Waals surface area contributed by atoms with Gasteiger partial charge in [-0.05, 0) is 43.0 Å². The Morgan fingerprint density at radius 3 is 2.92 bits per heavy atom. The second-order valence-corrected chi connectivity index (χ2v) is 7.23. The van der Waals surface area contributed by atoms with Crippen LogP contribution < -0.4 is 10.4 Å². The average molecular weight is 369 g/mol. The van der Waals surface area contributed by atoms with E-state index in [1.54, 1.807) is 6.20 Å². The summed E-state index contributed by atoms with van der Waals surface area (Å²) in [5, 5.41) is 1.53. The van der Waals surface area contributed by atoms with Gasteiger partial charge in [0.15, 0.2) is 0 Å². The Labute approximate surface area is 155 Å². The Kier molecular flexibility index (Phi) is 3.72. The van der Waals surface area contributed by atoms with Gasteiger partial charge >= 0.3 is 5.63 Å². The number of hydrogen-bond acceptors (Lipinski definition) is 5. The van der Waals surface area contributed by atoms with Crippen LogP contribution in [0.15, 0.2) is 39.7 Å². The highest BCUT2D eigenvalue weighted by Crippen LogP contribution is 2.41. The van der Waals surface area contributed by atoms with Crippen LogP contribution in [-0.2, 0) is 25.9 Å². The van der Waals surface area contributed by atoms with E-state index in [0.29, 0.717) is 36.2 Å². The minimum Gasteiger partial charge on any atom is -0.476 e. The van der Waals surface area contributed by atoms with Crippen molar-refractivity contribution in [1.29, 1.82) is 0 Å². The minimum absolute atomic E-state index is 0.226. The molecule has 5 nitrogen and oxygen atoms in total. The summed E-state index contributed by atoms with van der Waals surface area (Å²) >= 11 is 6.49. The van der Waals surface area contributed by atoms with Crippen molar-refractivity contribution in [2.75, 3.05) is 6.73 Å². The second kappa shape index (κ2) is 6.11. The maximum atomic E-state index is 12.4. The fraction of sp³-hybridized carbons (Fsp3) is 0.300. The molecule has 0 unspecified atom stereocenters. The van der Waals surface area contributed by atoms with Gasteiger partial charge in [-0.1, -0.05) is 17.7 Å². The number of halogens is 1. The quantitative estimate of drug-likeness (QED) is 0.646. The van der Waals surface area contributed by atoms with Crippen LogP contribution in [0.25, 0.3) is 11.0 Å². The topological polar surface area (TPSA) is 55.6 Å². The number of hydrogen-bond donors (Lipinski definition) is 0. The fourth-order valence-corrected chi connectivity index (χ4v) is 4.25. The van der Waals surface area contributed by atoms with E-state index in [2.05, 4.69) is 9.88 Å². The third-order valence-electron chi connectivity index (χ3n) is 5.15. The molecule has 3 heterocycles. The molecule has 0 spiro atoms. The van der Waals surface area contributed by atoms with Gasteiger partial charge in [-0.15, -0.1) is 0 Å². The molecule has 5 rings (SSSR count). The second-order valence-electron chi connectivity index (χ2n) is 6.82. The first kappa shape index (κ1) is 15.9. The van der Waals surface area contributed by atoms with Gasteiger partial charge < -0.3 is 9.15 Å². The first-order valence-electron chi connectivity index (χ1n) is 8.75. The lowest BCUT2D eigenvalue weighted by atomic mass is 10.0. The van der Waals surface area contributed by atoms with Crippen molar-refractivity contribution in [3.63, 3.8) is 0 Å².